The Morgan fingerprint density at radius 2 is 1.39 bits per heavy atom. The molecule has 1 fully saturated rings. The van der Waals surface area contributed by atoms with Gasteiger partial charge in [-0.2, -0.15) is 0 Å². The second kappa shape index (κ2) is 11.0. The minimum atomic E-state index is -0.519. The van der Waals surface area contributed by atoms with Crippen molar-refractivity contribution in [1.29, 1.82) is 0 Å². The maximum absolute atomic E-state index is 13.7. The molecule has 0 radical (unpaired) electrons. The van der Waals surface area contributed by atoms with Crippen molar-refractivity contribution in [2.75, 3.05) is 38.7 Å². The molecule has 1 N–H and O–H groups in total. The minimum Gasteiger partial charge on any atom is -0.497 e. The van der Waals surface area contributed by atoms with Gasteiger partial charge in [0.1, 0.15) is 23.0 Å². The summed E-state index contributed by atoms with van der Waals surface area (Å²) in [6, 6.07) is 19.4. The molecule has 0 spiro atoms. The third-order valence-corrected chi connectivity index (χ3v) is 6.41. The monoisotopic (exact) mass is 490 g/mol. The van der Waals surface area contributed by atoms with Gasteiger partial charge in [-0.3, -0.25) is 9.59 Å². The number of carbonyl (C=O) groups is 2. The molecule has 4 rings (SSSR count). The number of nitrogens with one attached hydrogen (secondary N) is 1. The number of methoxy groups -OCH3 is 4. The molecular weight excluding hydrogens is 460 g/mol. The summed E-state index contributed by atoms with van der Waals surface area (Å²) >= 11 is 0. The zero-order chi connectivity index (χ0) is 25.7. The number of rotatable bonds is 8. The van der Waals surface area contributed by atoms with E-state index in [2.05, 4.69) is 5.32 Å². The zero-order valence-electron chi connectivity index (χ0n) is 20.8. The second-order valence-corrected chi connectivity index (χ2v) is 8.38. The van der Waals surface area contributed by atoms with E-state index in [1.54, 1.807) is 56.6 Å². The summed E-state index contributed by atoms with van der Waals surface area (Å²) < 4.78 is 21.3. The highest BCUT2D eigenvalue weighted by Gasteiger charge is 2.41. The van der Waals surface area contributed by atoms with Crippen molar-refractivity contribution >= 4 is 23.2 Å². The minimum absolute atomic E-state index is 0.0490. The molecule has 1 aliphatic heterocycles. The molecule has 2 unspecified atom stereocenters. The van der Waals surface area contributed by atoms with Crippen LogP contribution in [0.5, 0.6) is 23.0 Å². The number of ether oxygens (including phenoxy) is 4. The molecule has 2 atom stereocenters. The molecule has 0 saturated carbocycles. The van der Waals surface area contributed by atoms with Gasteiger partial charge < -0.3 is 29.2 Å². The molecule has 3 aromatic rings. The topological polar surface area (TPSA) is 86.3 Å². The van der Waals surface area contributed by atoms with E-state index >= 15 is 0 Å². The van der Waals surface area contributed by atoms with Crippen LogP contribution in [0.15, 0.2) is 66.7 Å². The molecule has 1 heterocycles. The molecule has 0 bridgehead atoms. The summed E-state index contributed by atoms with van der Waals surface area (Å²) in [6.07, 6.45) is 0.656. The fraction of sp³-hybridized carbons (Fsp3) is 0.286. The first-order chi connectivity index (χ1) is 17.5. The van der Waals surface area contributed by atoms with Crippen molar-refractivity contribution in [3.05, 3.63) is 72.3 Å². The maximum atomic E-state index is 13.7. The Balaban J connectivity index is 1.72. The van der Waals surface area contributed by atoms with Crippen molar-refractivity contribution in [3.63, 3.8) is 0 Å². The number of hydrogen-bond acceptors (Lipinski definition) is 6. The normalized spacial score (nSPS) is 17.3. The van der Waals surface area contributed by atoms with E-state index in [0.29, 0.717) is 40.8 Å². The van der Waals surface area contributed by atoms with Crippen LogP contribution in [-0.4, -0.2) is 40.3 Å². The van der Waals surface area contributed by atoms with Crippen molar-refractivity contribution in [2.24, 2.45) is 5.92 Å². The van der Waals surface area contributed by atoms with E-state index in [4.69, 9.17) is 18.9 Å². The number of amides is 2. The van der Waals surface area contributed by atoms with E-state index in [9.17, 15) is 9.59 Å². The van der Waals surface area contributed by atoms with Crippen molar-refractivity contribution < 1.29 is 28.5 Å². The molecule has 8 nitrogen and oxygen atoms in total. The Morgan fingerprint density at radius 3 is 1.97 bits per heavy atom. The molecule has 0 aliphatic carbocycles. The van der Waals surface area contributed by atoms with Crippen molar-refractivity contribution in [1.82, 2.24) is 0 Å². The highest BCUT2D eigenvalue weighted by Crippen LogP contribution is 2.42. The summed E-state index contributed by atoms with van der Waals surface area (Å²) in [5.74, 6) is 1.73. The molecule has 0 aromatic heterocycles. The van der Waals surface area contributed by atoms with E-state index in [0.717, 1.165) is 5.56 Å². The van der Waals surface area contributed by atoms with E-state index in [1.807, 2.05) is 36.4 Å². The summed E-state index contributed by atoms with van der Waals surface area (Å²) in [6.45, 7) is 0. The Bertz CT molecular complexity index is 1210. The average molecular weight is 491 g/mol. The zero-order valence-corrected chi connectivity index (χ0v) is 20.8. The van der Waals surface area contributed by atoms with Gasteiger partial charge in [0.25, 0.3) is 0 Å². The summed E-state index contributed by atoms with van der Waals surface area (Å²) in [4.78, 5) is 28.7. The second-order valence-electron chi connectivity index (χ2n) is 8.38. The summed E-state index contributed by atoms with van der Waals surface area (Å²) in [7, 11) is 6.30. The van der Waals surface area contributed by atoms with Crippen LogP contribution in [0.2, 0.25) is 0 Å². The quantitative estimate of drug-likeness (QED) is 0.486. The number of benzene rings is 3. The number of hydrogen-bond donors (Lipinski definition) is 1. The third-order valence-electron chi connectivity index (χ3n) is 6.41. The van der Waals surface area contributed by atoms with E-state index in [-0.39, 0.29) is 18.2 Å². The van der Waals surface area contributed by atoms with Gasteiger partial charge in [0.2, 0.25) is 11.8 Å². The molecule has 1 saturated heterocycles. The molecule has 188 valence electrons. The number of carbonyl (C=O) groups excluding carboxylic acids is 2. The van der Waals surface area contributed by atoms with Gasteiger partial charge >= 0.3 is 0 Å². The van der Waals surface area contributed by atoms with Crippen LogP contribution >= 0.6 is 0 Å². The highest BCUT2D eigenvalue weighted by molar-refractivity contribution is 6.00. The fourth-order valence-corrected chi connectivity index (χ4v) is 4.52. The maximum Gasteiger partial charge on any atom is 0.230 e. The number of nitrogens with zero attached hydrogens (tertiary/aromatic N) is 1. The van der Waals surface area contributed by atoms with Crippen molar-refractivity contribution in [3.8, 4) is 23.0 Å². The molecule has 1 aliphatic rings. The average Bonchev–Trinajstić information content (AvgIpc) is 2.93. The van der Waals surface area contributed by atoms with E-state index in [1.165, 1.54) is 7.11 Å². The van der Waals surface area contributed by atoms with Crippen LogP contribution in [0.25, 0.3) is 0 Å². The van der Waals surface area contributed by atoms with Crippen LogP contribution in [0.1, 0.15) is 24.4 Å². The predicted octanol–water partition coefficient (Wildman–Crippen LogP) is 4.84. The summed E-state index contributed by atoms with van der Waals surface area (Å²) in [5.41, 5.74) is 2.06. The molecule has 3 aromatic carbocycles. The lowest BCUT2D eigenvalue weighted by Gasteiger charge is -2.41. The molecule has 36 heavy (non-hydrogen) atoms. The highest BCUT2D eigenvalue weighted by atomic mass is 16.5. The van der Waals surface area contributed by atoms with Crippen LogP contribution < -0.4 is 29.2 Å². The molecular formula is C28H30N2O6. The van der Waals surface area contributed by atoms with Crippen LogP contribution in [-0.2, 0) is 9.59 Å². The van der Waals surface area contributed by atoms with Gasteiger partial charge in [-0.1, -0.05) is 12.1 Å². The predicted molar refractivity (Wildman–Crippen MR) is 137 cm³/mol. The first-order valence-electron chi connectivity index (χ1n) is 11.6. The van der Waals surface area contributed by atoms with Gasteiger partial charge in [0, 0.05) is 18.2 Å². The smallest absolute Gasteiger partial charge is 0.230 e. The van der Waals surface area contributed by atoms with Crippen LogP contribution in [0.4, 0.5) is 11.4 Å². The lowest BCUT2D eigenvalue weighted by Crippen LogP contribution is -2.47. The Hall–Kier alpha value is -4.20. The third kappa shape index (κ3) is 5.07. The van der Waals surface area contributed by atoms with Gasteiger partial charge in [-0.05, 0) is 60.5 Å². The first kappa shape index (κ1) is 24.9. The Kier molecular flexibility index (Phi) is 7.63. The Labute approximate surface area is 210 Å². The SMILES string of the molecule is COc1ccc(C2C(C(=O)Nc3ccc(OC)cc3OC)CCC(=O)N2c2ccc(OC)cc2)cc1. The standard InChI is InChI=1S/C28H30N2O6/c1-33-20-9-5-18(6-10-20)27-23(28(32)29-24-15-13-22(35-3)17-25(24)36-4)14-16-26(31)30(27)19-7-11-21(34-2)12-8-19/h5-13,15,17,23,27H,14,16H2,1-4H3,(H,29,32). The van der Waals surface area contributed by atoms with Crippen LogP contribution in [0.3, 0.4) is 0 Å². The molecule has 2 amide bonds. The van der Waals surface area contributed by atoms with Gasteiger partial charge in [0.05, 0.1) is 46.1 Å². The molecule has 8 heteroatoms. The lowest BCUT2D eigenvalue weighted by atomic mass is 9.83. The van der Waals surface area contributed by atoms with Gasteiger partial charge in [-0.25, -0.2) is 0 Å². The number of anilines is 2. The van der Waals surface area contributed by atoms with Crippen molar-refractivity contribution in [2.45, 2.75) is 18.9 Å². The number of piperidine rings is 1. The lowest BCUT2D eigenvalue weighted by molar-refractivity contribution is -0.125. The van der Waals surface area contributed by atoms with Crippen LogP contribution in [0, 0.1) is 5.92 Å². The van der Waals surface area contributed by atoms with Gasteiger partial charge in [0.15, 0.2) is 0 Å². The first-order valence-corrected chi connectivity index (χ1v) is 11.6. The Morgan fingerprint density at radius 1 is 0.806 bits per heavy atom. The summed E-state index contributed by atoms with van der Waals surface area (Å²) in [5, 5.41) is 3.01. The fourth-order valence-electron chi connectivity index (χ4n) is 4.52. The van der Waals surface area contributed by atoms with Gasteiger partial charge in [-0.15, -0.1) is 0 Å². The van der Waals surface area contributed by atoms with E-state index < -0.39 is 12.0 Å². The largest absolute Gasteiger partial charge is 0.497 e.